The van der Waals surface area contributed by atoms with Crippen LogP contribution in [-0.4, -0.2) is 17.0 Å². The molecule has 0 heterocycles. The predicted molar refractivity (Wildman–Crippen MR) is 85.5 cm³/mol. The van der Waals surface area contributed by atoms with Gasteiger partial charge in [-0.2, -0.15) is 0 Å². The standard InChI is InChI=1S/C14H8BrCl2NO3/c15-10-4-2-1-3-8(10)13(19)18-12-9(14(20)21)5-7(16)6-11(12)17/h1-6H,(H,18,19)(H,20,21). The number of aromatic carboxylic acids is 1. The molecule has 21 heavy (non-hydrogen) atoms. The Balaban J connectivity index is 2.42. The molecule has 0 spiro atoms. The zero-order valence-electron chi connectivity index (χ0n) is 10.4. The third-order valence-corrected chi connectivity index (χ3v) is 3.85. The van der Waals surface area contributed by atoms with Crippen LogP contribution in [0.5, 0.6) is 0 Å². The minimum atomic E-state index is -1.23. The van der Waals surface area contributed by atoms with E-state index >= 15 is 0 Å². The van der Waals surface area contributed by atoms with E-state index in [1.54, 1.807) is 24.3 Å². The molecule has 2 aromatic rings. The quantitative estimate of drug-likeness (QED) is 0.800. The molecule has 2 rings (SSSR count). The molecule has 1 amide bonds. The van der Waals surface area contributed by atoms with Crippen LogP contribution in [0.15, 0.2) is 40.9 Å². The van der Waals surface area contributed by atoms with Crippen LogP contribution in [0, 0.1) is 0 Å². The maximum atomic E-state index is 12.2. The maximum Gasteiger partial charge on any atom is 0.337 e. The number of nitrogens with one attached hydrogen (secondary N) is 1. The predicted octanol–water partition coefficient (Wildman–Crippen LogP) is 4.71. The number of amides is 1. The number of halogens is 3. The number of anilines is 1. The highest BCUT2D eigenvalue weighted by Gasteiger charge is 2.18. The minimum absolute atomic E-state index is 0.00863. The SMILES string of the molecule is O=C(Nc1c(Cl)cc(Cl)cc1C(=O)O)c1ccccc1Br. The van der Waals surface area contributed by atoms with Crippen molar-refractivity contribution in [3.63, 3.8) is 0 Å². The summed E-state index contributed by atoms with van der Waals surface area (Å²) >= 11 is 15.0. The zero-order valence-corrected chi connectivity index (χ0v) is 13.5. The number of benzene rings is 2. The van der Waals surface area contributed by atoms with Gasteiger partial charge in [0.05, 0.1) is 21.8 Å². The molecular weight excluding hydrogens is 381 g/mol. The molecule has 0 aliphatic heterocycles. The molecule has 4 nitrogen and oxygen atoms in total. The molecule has 0 aliphatic rings. The summed E-state index contributed by atoms with van der Waals surface area (Å²) in [5.74, 6) is -1.71. The fourth-order valence-corrected chi connectivity index (χ4v) is 2.70. The summed E-state index contributed by atoms with van der Waals surface area (Å²) in [7, 11) is 0. The number of hydrogen-bond donors (Lipinski definition) is 2. The second kappa shape index (κ2) is 6.47. The monoisotopic (exact) mass is 387 g/mol. The smallest absolute Gasteiger partial charge is 0.337 e. The van der Waals surface area contributed by atoms with Crippen LogP contribution >= 0.6 is 39.1 Å². The molecule has 2 N–H and O–H groups in total. The van der Waals surface area contributed by atoms with Crippen molar-refractivity contribution >= 4 is 56.7 Å². The first-order valence-electron chi connectivity index (χ1n) is 5.68. The van der Waals surface area contributed by atoms with Crippen molar-refractivity contribution in [3.05, 3.63) is 62.0 Å². The van der Waals surface area contributed by atoms with Gasteiger partial charge < -0.3 is 10.4 Å². The number of carbonyl (C=O) groups is 2. The lowest BCUT2D eigenvalue weighted by molar-refractivity contribution is 0.0698. The first kappa shape index (κ1) is 15.8. The van der Waals surface area contributed by atoms with Crippen LogP contribution in [0.4, 0.5) is 5.69 Å². The molecular formula is C14H8BrCl2NO3. The Labute approximate surface area is 138 Å². The van der Waals surface area contributed by atoms with Gasteiger partial charge in [0.1, 0.15) is 0 Å². The van der Waals surface area contributed by atoms with E-state index in [-0.39, 0.29) is 21.3 Å². The van der Waals surface area contributed by atoms with Crippen LogP contribution in [0.2, 0.25) is 10.0 Å². The number of carboxylic acid groups (broad SMARTS) is 1. The fraction of sp³-hybridized carbons (Fsp3) is 0. The third-order valence-electron chi connectivity index (χ3n) is 2.64. The molecule has 0 aromatic heterocycles. The second-order valence-electron chi connectivity index (χ2n) is 4.05. The molecule has 0 saturated carbocycles. The molecule has 0 atom stereocenters. The van der Waals surface area contributed by atoms with Crippen LogP contribution < -0.4 is 5.32 Å². The van der Waals surface area contributed by atoms with Gasteiger partial charge in [0.25, 0.3) is 5.91 Å². The van der Waals surface area contributed by atoms with Crippen molar-refractivity contribution in [2.75, 3.05) is 5.32 Å². The largest absolute Gasteiger partial charge is 0.478 e. The fourth-order valence-electron chi connectivity index (χ4n) is 1.70. The van der Waals surface area contributed by atoms with E-state index < -0.39 is 11.9 Å². The number of carbonyl (C=O) groups excluding carboxylic acids is 1. The van der Waals surface area contributed by atoms with Crippen molar-refractivity contribution in [2.45, 2.75) is 0 Å². The Morgan fingerprint density at radius 1 is 1.10 bits per heavy atom. The molecule has 108 valence electrons. The van der Waals surface area contributed by atoms with Crippen molar-refractivity contribution < 1.29 is 14.7 Å². The average molecular weight is 389 g/mol. The normalized spacial score (nSPS) is 10.2. The Hall–Kier alpha value is -1.56. The lowest BCUT2D eigenvalue weighted by Crippen LogP contribution is -2.15. The highest BCUT2D eigenvalue weighted by molar-refractivity contribution is 9.10. The second-order valence-corrected chi connectivity index (χ2v) is 5.75. The van der Waals surface area contributed by atoms with E-state index in [2.05, 4.69) is 21.2 Å². The van der Waals surface area contributed by atoms with Gasteiger partial charge in [0.2, 0.25) is 0 Å². The maximum absolute atomic E-state index is 12.2. The van der Waals surface area contributed by atoms with Crippen molar-refractivity contribution in [2.24, 2.45) is 0 Å². The molecule has 7 heteroatoms. The first-order chi connectivity index (χ1) is 9.90. The van der Waals surface area contributed by atoms with Gasteiger partial charge in [-0.05, 0) is 40.2 Å². The van der Waals surface area contributed by atoms with E-state index in [1.165, 1.54) is 12.1 Å². The van der Waals surface area contributed by atoms with Crippen LogP contribution in [0.3, 0.4) is 0 Å². The number of rotatable bonds is 3. The average Bonchev–Trinajstić information content (AvgIpc) is 2.41. The van der Waals surface area contributed by atoms with E-state index in [1.807, 2.05) is 0 Å². The summed E-state index contributed by atoms with van der Waals surface area (Å²) in [6.45, 7) is 0. The van der Waals surface area contributed by atoms with Gasteiger partial charge in [0.15, 0.2) is 0 Å². The molecule has 0 radical (unpaired) electrons. The Morgan fingerprint density at radius 3 is 2.38 bits per heavy atom. The summed E-state index contributed by atoms with van der Waals surface area (Å²) < 4.78 is 0.587. The van der Waals surface area contributed by atoms with Crippen molar-refractivity contribution in [1.82, 2.24) is 0 Å². The van der Waals surface area contributed by atoms with E-state index in [0.29, 0.717) is 10.0 Å². The van der Waals surface area contributed by atoms with Crippen molar-refractivity contribution in [1.29, 1.82) is 0 Å². The lowest BCUT2D eigenvalue weighted by Gasteiger charge is -2.12. The minimum Gasteiger partial charge on any atom is -0.478 e. The van der Waals surface area contributed by atoms with E-state index in [0.717, 1.165) is 0 Å². The topological polar surface area (TPSA) is 66.4 Å². The van der Waals surface area contributed by atoms with Crippen LogP contribution in [-0.2, 0) is 0 Å². The summed E-state index contributed by atoms with van der Waals surface area (Å²) in [6, 6.07) is 9.36. The van der Waals surface area contributed by atoms with Gasteiger partial charge in [-0.1, -0.05) is 35.3 Å². The Morgan fingerprint density at radius 2 is 1.76 bits per heavy atom. The van der Waals surface area contributed by atoms with Crippen molar-refractivity contribution in [3.8, 4) is 0 Å². The molecule has 0 saturated heterocycles. The summed E-state index contributed by atoms with van der Waals surface area (Å²) in [5.41, 5.74) is 0.196. The van der Waals surface area contributed by atoms with Gasteiger partial charge >= 0.3 is 5.97 Å². The van der Waals surface area contributed by atoms with Gasteiger partial charge in [-0.15, -0.1) is 0 Å². The summed E-state index contributed by atoms with van der Waals surface area (Å²) in [6.07, 6.45) is 0. The number of carboxylic acids is 1. The molecule has 0 aliphatic carbocycles. The van der Waals surface area contributed by atoms with E-state index in [9.17, 15) is 14.7 Å². The molecule has 0 fully saturated rings. The highest BCUT2D eigenvalue weighted by Crippen LogP contribution is 2.31. The third kappa shape index (κ3) is 3.56. The van der Waals surface area contributed by atoms with Gasteiger partial charge in [0, 0.05) is 9.50 Å². The number of hydrogen-bond acceptors (Lipinski definition) is 2. The molecule has 0 unspecified atom stereocenters. The Bertz CT molecular complexity index is 734. The van der Waals surface area contributed by atoms with E-state index in [4.69, 9.17) is 23.2 Å². The molecule has 2 aromatic carbocycles. The lowest BCUT2D eigenvalue weighted by atomic mass is 10.1. The molecule has 0 bridgehead atoms. The zero-order chi connectivity index (χ0) is 15.6. The first-order valence-corrected chi connectivity index (χ1v) is 7.23. The van der Waals surface area contributed by atoms with Gasteiger partial charge in [-0.25, -0.2) is 4.79 Å². The van der Waals surface area contributed by atoms with Crippen LogP contribution in [0.25, 0.3) is 0 Å². The van der Waals surface area contributed by atoms with Crippen LogP contribution in [0.1, 0.15) is 20.7 Å². The van der Waals surface area contributed by atoms with Gasteiger partial charge in [-0.3, -0.25) is 4.79 Å². The summed E-state index contributed by atoms with van der Waals surface area (Å²) in [5, 5.41) is 11.9. The summed E-state index contributed by atoms with van der Waals surface area (Å²) in [4.78, 5) is 23.5. The Kier molecular flexibility index (Phi) is 4.88. The highest BCUT2D eigenvalue weighted by atomic mass is 79.9.